The van der Waals surface area contributed by atoms with E-state index in [2.05, 4.69) is 65.7 Å². The van der Waals surface area contributed by atoms with Crippen LogP contribution >= 0.6 is 23.6 Å². The molecule has 0 radical (unpaired) electrons. The molecule has 0 unspecified atom stereocenters. The van der Waals surface area contributed by atoms with Crippen LogP contribution in [0, 0.1) is 10.9 Å². The summed E-state index contributed by atoms with van der Waals surface area (Å²) in [5, 5.41) is 8.74. The fraction of sp³-hybridized carbons (Fsp3) is 0.222. The molecule has 1 N–H and O–H groups in total. The van der Waals surface area contributed by atoms with E-state index < -0.39 is 0 Å². The maximum atomic E-state index is 5.45. The van der Waals surface area contributed by atoms with E-state index in [4.69, 9.17) is 12.2 Å². The molecule has 4 nitrogen and oxygen atoms in total. The molecule has 3 aromatic rings. The van der Waals surface area contributed by atoms with Crippen molar-refractivity contribution in [1.29, 1.82) is 0 Å². The molecule has 0 bridgehead atoms. The number of rotatable bonds is 6. The van der Waals surface area contributed by atoms with Crippen molar-refractivity contribution in [2.45, 2.75) is 20.1 Å². The molecule has 0 aliphatic heterocycles. The van der Waals surface area contributed by atoms with Crippen LogP contribution in [0.25, 0.3) is 0 Å². The van der Waals surface area contributed by atoms with Gasteiger partial charge in [0.25, 0.3) is 0 Å². The van der Waals surface area contributed by atoms with Gasteiger partial charge in [-0.05, 0) is 49.4 Å². The van der Waals surface area contributed by atoms with E-state index in [1.807, 2.05) is 22.9 Å². The number of aromatic nitrogens is 2. The zero-order chi connectivity index (χ0) is 16.9. The molecule has 2 aromatic carbocycles. The zero-order valence-corrected chi connectivity index (χ0v) is 15.4. The summed E-state index contributed by atoms with van der Waals surface area (Å²) in [4.78, 5) is 2.20. The number of benzene rings is 2. The minimum atomic E-state index is 0.666. The van der Waals surface area contributed by atoms with E-state index in [1.54, 1.807) is 0 Å². The highest BCUT2D eigenvalue weighted by Crippen LogP contribution is 2.21. The Morgan fingerprint density at radius 1 is 1.17 bits per heavy atom. The van der Waals surface area contributed by atoms with Crippen molar-refractivity contribution in [1.82, 2.24) is 14.7 Å². The van der Waals surface area contributed by atoms with Crippen molar-refractivity contribution >= 4 is 34.4 Å². The Balaban J connectivity index is 1.66. The van der Waals surface area contributed by atoms with Crippen molar-refractivity contribution in [3.8, 4) is 0 Å². The molecule has 24 heavy (non-hydrogen) atoms. The first kappa shape index (κ1) is 16.8. The first-order chi connectivity index (χ1) is 11.6. The lowest BCUT2D eigenvalue weighted by Crippen LogP contribution is -2.22. The van der Waals surface area contributed by atoms with Gasteiger partial charge < -0.3 is 5.32 Å². The molecule has 0 atom stereocenters. The van der Waals surface area contributed by atoms with Gasteiger partial charge in [-0.25, -0.2) is 4.68 Å². The third kappa shape index (κ3) is 4.50. The smallest absolute Gasteiger partial charge is 0.209 e. The van der Waals surface area contributed by atoms with Crippen LogP contribution in [0.3, 0.4) is 0 Å². The number of hydrogen-bond acceptors (Lipinski definition) is 5. The van der Waals surface area contributed by atoms with Gasteiger partial charge in [-0.2, -0.15) is 0 Å². The van der Waals surface area contributed by atoms with Gasteiger partial charge in [0.15, 0.2) is 3.95 Å². The first-order valence-electron chi connectivity index (χ1n) is 7.74. The van der Waals surface area contributed by atoms with Crippen molar-refractivity contribution < 1.29 is 0 Å². The van der Waals surface area contributed by atoms with E-state index in [0.29, 0.717) is 6.67 Å². The SMILES string of the molecule is Cc1cccc(Nc2nn(CN(C)Cc3ccccc3)c(=S)s2)c1. The maximum Gasteiger partial charge on any atom is 0.209 e. The first-order valence-corrected chi connectivity index (χ1v) is 8.97. The van der Waals surface area contributed by atoms with E-state index in [1.165, 1.54) is 22.5 Å². The minimum absolute atomic E-state index is 0.666. The maximum absolute atomic E-state index is 5.45. The molecule has 124 valence electrons. The van der Waals surface area contributed by atoms with Gasteiger partial charge in [0.1, 0.15) is 0 Å². The standard InChI is InChI=1S/C18H20N4S2/c1-14-7-6-10-16(11-14)19-17-20-22(18(23)24-17)13-21(2)12-15-8-4-3-5-9-15/h3-11H,12-13H2,1-2H3,(H,19,20). The Kier molecular flexibility index (Phi) is 5.40. The number of nitrogens with one attached hydrogen (secondary N) is 1. The molecule has 0 saturated carbocycles. The molecule has 1 heterocycles. The summed E-state index contributed by atoms with van der Waals surface area (Å²) in [5.41, 5.74) is 3.52. The van der Waals surface area contributed by atoms with Gasteiger partial charge in [0.05, 0.1) is 6.67 Å². The molecular weight excluding hydrogens is 336 g/mol. The summed E-state index contributed by atoms with van der Waals surface area (Å²) >= 11 is 6.94. The van der Waals surface area contributed by atoms with Gasteiger partial charge in [-0.15, -0.1) is 5.10 Å². The van der Waals surface area contributed by atoms with E-state index >= 15 is 0 Å². The highest BCUT2D eigenvalue weighted by molar-refractivity contribution is 7.73. The Hall–Kier alpha value is -2.02. The highest BCUT2D eigenvalue weighted by atomic mass is 32.1. The van der Waals surface area contributed by atoms with Crippen molar-refractivity contribution in [3.63, 3.8) is 0 Å². The van der Waals surface area contributed by atoms with Crippen LogP contribution in [0.4, 0.5) is 10.8 Å². The summed E-state index contributed by atoms with van der Waals surface area (Å²) < 4.78 is 2.63. The molecule has 0 fully saturated rings. The second kappa shape index (κ2) is 7.70. The van der Waals surface area contributed by atoms with Gasteiger partial charge in [0, 0.05) is 12.2 Å². The van der Waals surface area contributed by atoms with E-state index in [9.17, 15) is 0 Å². The summed E-state index contributed by atoms with van der Waals surface area (Å²) in [5.74, 6) is 0. The van der Waals surface area contributed by atoms with Crippen LogP contribution in [0.2, 0.25) is 0 Å². The average Bonchev–Trinajstić information content (AvgIpc) is 2.87. The third-order valence-electron chi connectivity index (χ3n) is 3.55. The van der Waals surface area contributed by atoms with Crippen LogP contribution in [0.1, 0.15) is 11.1 Å². The molecule has 6 heteroatoms. The average molecular weight is 357 g/mol. The second-order valence-electron chi connectivity index (χ2n) is 5.81. The number of aryl methyl sites for hydroxylation is 1. The van der Waals surface area contributed by atoms with Crippen LogP contribution < -0.4 is 5.32 Å². The lowest BCUT2D eigenvalue weighted by Gasteiger charge is -2.16. The highest BCUT2D eigenvalue weighted by Gasteiger charge is 2.07. The topological polar surface area (TPSA) is 33.1 Å². The summed E-state index contributed by atoms with van der Waals surface area (Å²) in [6.07, 6.45) is 0. The molecule has 1 aromatic heterocycles. The monoisotopic (exact) mass is 356 g/mol. The van der Waals surface area contributed by atoms with Gasteiger partial charge in [-0.3, -0.25) is 4.90 Å². The predicted molar refractivity (Wildman–Crippen MR) is 103 cm³/mol. The van der Waals surface area contributed by atoms with E-state index in [-0.39, 0.29) is 0 Å². The molecule has 3 rings (SSSR count). The Morgan fingerprint density at radius 3 is 2.71 bits per heavy atom. The molecule has 0 aliphatic rings. The van der Waals surface area contributed by atoms with E-state index in [0.717, 1.165) is 21.3 Å². The van der Waals surface area contributed by atoms with Gasteiger partial charge >= 0.3 is 0 Å². The van der Waals surface area contributed by atoms with Crippen molar-refractivity contribution in [3.05, 3.63) is 69.7 Å². The molecular formula is C18H20N4S2. The third-order valence-corrected chi connectivity index (χ3v) is 4.77. The molecule has 0 spiro atoms. The minimum Gasteiger partial charge on any atom is -0.330 e. The van der Waals surface area contributed by atoms with Gasteiger partial charge in [-0.1, -0.05) is 53.8 Å². The summed E-state index contributed by atoms with van der Waals surface area (Å²) in [6, 6.07) is 18.6. The zero-order valence-electron chi connectivity index (χ0n) is 13.8. The van der Waals surface area contributed by atoms with Crippen LogP contribution in [-0.4, -0.2) is 21.7 Å². The molecule has 0 aliphatic carbocycles. The van der Waals surface area contributed by atoms with Crippen molar-refractivity contribution in [2.24, 2.45) is 0 Å². The molecule has 0 amide bonds. The van der Waals surface area contributed by atoms with Crippen LogP contribution in [0.15, 0.2) is 54.6 Å². The van der Waals surface area contributed by atoms with Crippen molar-refractivity contribution in [2.75, 3.05) is 12.4 Å². The predicted octanol–water partition coefficient (Wildman–Crippen LogP) is 4.82. The Labute approximate surface area is 151 Å². The summed E-state index contributed by atoms with van der Waals surface area (Å²) in [6.45, 7) is 3.60. The number of hydrogen-bond donors (Lipinski definition) is 1. The number of anilines is 2. The normalized spacial score (nSPS) is 11.0. The number of nitrogens with zero attached hydrogens (tertiary/aromatic N) is 3. The summed E-state index contributed by atoms with van der Waals surface area (Å²) in [7, 11) is 2.07. The Bertz CT molecular complexity index is 855. The lowest BCUT2D eigenvalue weighted by atomic mass is 10.2. The molecule has 0 saturated heterocycles. The Morgan fingerprint density at radius 2 is 1.96 bits per heavy atom. The van der Waals surface area contributed by atoms with Gasteiger partial charge in [0.2, 0.25) is 5.13 Å². The quantitative estimate of drug-likeness (QED) is 0.642. The van der Waals surface area contributed by atoms with Crippen LogP contribution in [-0.2, 0) is 13.2 Å². The fourth-order valence-corrected chi connectivity index (χ4v) is 3.48. The van der Waals surface area contributed by atoms with Crippen LogP contribution in [0.5, 0.6) is 0 Å². The largest absolute Gasteiger partial charge is 0.330 e. The fourth-order valence-electron chi connectivity index (χ4n) is 2.47. The lowest BCUT2D eigenvalue weighted by molar-refractivity contribution is 0.245. The second-order valence-corrected chi connectivity index (χ2v) is 7.43.